The second-order valence-electron chi connectivity index (χ2n) is 7.11. The van der Waals surface area contributed by atoms with E-state index in [1.54, 1.807) is 13.2 Å². The normalized spacial score (nSPS) is 14.6. The van der Waals surface area contributed by atoms with Crippen molar-refractivity contribution in [3.63, 3.8) is 0 Å². The van der Waals surface area contributed by atoms with Gasteiger partial charge >= 0.3 is 0 Å². The standard InChI is InChI=1S/C23H24FN3O/c1-28-22-16-18(24)7-8-21(22)17-9-14-26-23(15-17)27(19-5-3-2-4-6-19)20-10-12-25-13-11-20/h7-16,19H,2-6H2,1H3. The van der Waals surface area contributed by atoms with Gasteiger partial charge in [-0.3, -0.25) is 4.98 Å². The number of pyridine rings is 2. The van der Waals surface area contributed by atoms with Crippen molar-refractivity contribution in [3.8, 4) is 16.9 Å². The Morgan fingerprint density at radius 3 is 2.50 bits per heavy atom. The first-order valence-corrected chi connectivity index (χ1v) is 9.75. The number of nitrogens with zero attached hydrogens (tertiary/aromatic N) is 3. The van der Waals surface area contributed by atoms with Crippen LogP contribution < -0.4 is 9.64 Å². The number of hydrogen-bond acceptors (Lipinski definition) is 4. The highest BCUT2D eigenvalue weighted by atomic mass is 19.1. The Balaban J connectivity index is 1.77. The minimum atomic E-state index is -0.310. The third-order valence-electron chi connectivity index (χ3n) is 5.35. The molecule has 4 nitrogen and oxygen atoms in total. The summed E-state index contributed by atoms with van der Waals surface area (Å²) in [6.07, 6.45) is 11.5. The maximum absolute atomic E-state index is 13.6. The first kappa shape index (κ1) is 18.4. The zero-order valence-corrected chi connectivity index (χ0v) is 16.0. The summed E-state index contributed by atoms with van der Waals surface area (Å²) >= 11 is 0. The zero-order valence-electron chi connectivity index (χ0n) is 16.0. The van der Waals surface area contributed by atoms with E-state index in [-0.39, 0.29) is 5.82 Å². The van der Waals surface area contributed by atoms with E-state index in [0.29, 0.717) is 11.8 Å². The van der Waals surface area contributed by atoms with Crippen LogP contribution in [0.5, 0.6) is 5.75 Å². The monoisotopic (exact) mass is 377 g/mol. The van der Waals surface area contributed by atoms with Crippen molar-refractivity contribution in [2.24, 2.45) is 0 Å². The lowest BCUT2D eigenvalue weighted by atomic mass is 9.93. The third kappa shape index (κ3) is 3.84. The van der Waals surface area contributed by atoms with Crippen LogP contribution in [-0.4, -0.2) is 23.1 Å². The van der Waals surface area contributed by atoms with Crippen molar-refractivity contribution < 1.29 is 9.13 Å². The van der Waals surface area contributed by atoms with Gasteiger partial charge in [0.15, 0.2) is 0 Å². The molecule has 0 spiro atoms. The van der Waals surface area contributed by atoms with Gasteiger partial charge in [0.2, 0.25) is 0 Å². The van der Waals surface area contributed by atoms with E-state index in [1.807, 2.05) is 36.8 Å². The lowest BCUT2D eigenvalue weighted by molar-refractivity contribution is 0.413. The first-order valence-electron chi connectivity index (χ1n) is 9.75. The van der Waals surface area contributed by atoms with Crippen LogP contribution >= 0.6 is 0 Å². The molecule has 0 amide bonds. The number of methoxy groups -OCH3 is 1. The molecule has 5 heteroatoms. The molecule has 2 aromatic heterocycles. The van der Waals surface area contributed by atoms with Gasteiger partial charge in [0.1, 0.15) is 17.4 Å². The molecule has 0 N–H and O–H groups in total. The second kappa shape index (κ2) is 8.38. The summed E-state index contributed by atoms with van der Waals surface area (Å²) in [7, 11) is 1.56. The molecule has 28 heavy (non-hydrogen) atoms. The minimum Gasteiger partial charge on any atom is -0.496 e. The number of rotatable bonds is 5. The molecule has 0 atom stereocenters. The van der Waals surface area contributed by atoms with Gasteiger partial charge in [0.05, 0.1) is 7.11 Å². The largest absolute Gasteiger partial charge is 0.496 e. The molecule has 2 heterocycles. The molecule has 0 saturated heterocycles. The summed E-state index contributed by atoms with van der Waals surface area (Å²) in [5.41, 5.74) is 2.90. The van der Waals surface area contributed by atoms with E-state index < -0.39 is 0 Å². The number of aromatic nitrogens is 2. The van der Waals surface area contributed by atoms with Crippen molar-refractivity contribution in [3.05, 3.63) is 66.9 Å². The molecular formula is C23H24FN3O. The fourth-order valence-corrected chi connectivity index (χ4v) is 4.00. The Morgan fingerprint density at radius 1 is 0.964 bits per heavy atom. The molecule has 144 valence electrons. The molecule has 1 aliphatic carbocycles. The Morgan fingerprint density at radius 2 is 1.75 bits per heavy atom. The van der Waals surface area contributed by atoms with Gasteiger partial charge in [-0.05, 0) is 54.8 Å². The fraction of sp³-hybridized carbons (Fsp3) is 0.304. The van der Waals surface area contributed by atoms with Gasteiger partial charge in [0.25, 0.3) is 0 Å². The molecule has 1 saturated carbocycles. The summed E-state index contributed by atoms with van der Waals surface area (Å²) in [5, 5.41) is 0. The van der Waals surface area contributed by atoms with Gasteiger partial charge in [0, 0.05) is 41.9 Å². The van der Waals surface area contributed by atoms with Crippen LogP contribution in [-0.2, 0) is 0 Å². The van der Waals surface area contributed by atoms with Crippen molar-refractivity contribution in [2.75, 3.05) is 12.0 Å². The lowest BCUT2D eigenvalue weighted by Gasteiger charge is -2.35. The average molecular weight is 377 g/mol. The lowest BCUT2D eigenvalue weighted by Crippen LogP contribution is -2.33. The van der Waals surface area contributed by atoms with Crippen LogP contribution in [0.1, 0.15) is 32.1 Å². The summed E-state index contributed by atoms with van der Waals surface area (Å²) in [6.45, 7) is 0. The van der Waals surface area contributed by atoms with Gasteiger partial charge in [-0.15, -0.1) is 0 Å². The molecule has 4 rings (SSSR count). The van der Waals surface area contributed by atoms with E-state index >= 15 is 0 Å². The van der Waals surface area contributed by atoms with Gasteiger partial charge in [-0.25, -0.2) is 9.37 Å². The first-order chi connectivity index (χ1) is 13.8. The van der Waals surface area contributed by atoms with E-state index in [1.165, 1.54) is 31.4 Å². The number of halogens is 1. The highest BCUT2D eigenvalue weighted by Crippen LogP contribution is 2.36. The highest BCUT2D eigenvalue weighted by Gasteiger charge is 2.24. The predicted molar refractivity (Wildman–Crippen MR) is 109 cm³/mol. The number of anilines is 2. The summed E-state index contributed by atoms with van der Waals surface area (Å²) in [5.74, 6) is 1.10. The van der Waals surface area contributed by atoms with Crippen LogP contribution in [0.25, 0.3) is 11.1 Å². The molecule has 0 bridgehead atoms. The second-order valence-corrected chi connectivity index (χ2v) is 7.11. The molecule has 3 aromatic rings. The maximum Gasteiger partial charge on any atom is 0.133 e. The van der Waals surface area contributed by atoms with E-state index in [4.69, 9.17) is 4.74 Å². The molecule has 0 radical (unpaired) electrons. The number of ether oxygens (including phenoxy) is 1. The summed E-state index contributed by atoms with van der Waals surface area (Å²) < 4.78 is 19.0. The van der Waals surface area contributed by atoms with Crippen molar-refractivity contribution in [2.45, 2.75) is 38.1 Å². The van der Waals surface area contributed by atoms with Crippen LogP contribution in [0.2, 0.25) is 0 Å². The highest BCUT2D eigenvalue weighted by molar-refractivity contribution is 5.74. The minimum absolute atomic E-state index is 0.310. The van der Waals surface area contributed by atoms with Crippen LogP contribution in [0.3, 0.4) is 0 Å². The van der Waals surface area contributed by atoms with Gasteiger partial charge in [-0.1, -0.05) is 19.3 Å². The molecule has 0 unspecified atom stereocenters. The number of hydrogen-bond donors (Lipinski definition) is 0. The van der Waals surface area contributed by atoms with Crippen LogP contribution in [0, 0.1) is 5.82 Å². The quantitative estimate of drug-likeness (QED) is 0.566. The molecular weight excluding hydrogens is 353 g/mol. The molecule has 1 aromatic carbocycles. The Labute approximate surface area is 165 Å². The van der Waals surface area contributed by atoms with Crippen LogP contribution in [0.15, 0.2) is 61.1 Å². The Hall–Kier alpha value is -2.95. The number of benzene rings is 1. The Bertz CT molecular complexity index is 926. The Kier molecular flexibility index (Phi) is 5.51. The SMILES string of the molecule is COc1cc(F)ccc1-c1ccnc(N(c2ccncc2)C2CCCCC2)c1. The smallest absolute Gasteiger partial charge is 0.133 e. The van der Waals surface area contributed by atoms with E-state index in [9.17, 15) is 4.39 Å². The molecule has 0 aliphatic heterocycles. The van der Waals surface area contributed by atoms with Gasteiger partial charge < -0.3 is 9.64 Å². The summed E-state index contributed by atoms with van der Waals surface area (Å²) in [6, 6.07) is 13.1. The topological polar surface area (TPSA) is 38.2 Å². The van der Waals surface area contributed by atoms with Crippen molar-refractivity contribution in [1.82, 2.24) is 9.97 Å². The summed E-state index contributed by atoms with van der Waals surface area (Å²) in [4.78, 5) is 11.2. The molecule has 1 aliphatic rings. The maximum atomic E-state index is 13.6. The van der Waals surface area contributed by atoms with Crippen molar-refractivity contribution in [1.29, 1.82) is 0 Å². The van der Waals surface area contributed by atoms with E-state index in [0.717, 1.165) is 35.5 Å². The van der Waals surface area contributed by atoms with E-state index in [2.05, 4.69) is 20.9 Å². The predicted octanol–water partition coefficient (Wildman–Crippen LogP) is 5.76. The fourth-order valence-electron chi connectivity index (χ4n) is 4.00. The zero-order chi connectivity index (χ0) is 19.3. The van der Waals surface area contributed by atoms with Crippen molar-refractivity contribution >= 4 is 11.5 Å². The molecule has 1 fully saturated rings. The van der Waals surface area contributed by atoms with Gasteiger partial charge in [-0.2, -0.15) is 0 Å². The average Bonchev–Trinajstić information content (AvgIpc) is 2.75. The van der Waals surface area contributed by atoms with Crippen LogP contribution in [0.4, 0.5) is 15.9 Å². The third-order valence-corrected chi connectivity index (χ3v) is 5.35.